The minimum Gasteiger partial charge on any atom is -0.212 e. The number of rotatable bonds is 4. The molecule has 1 aliphatic heterocycles. The molecule has 0 saturated carbocycles. The van der Waals surface area contributed by atoms with Crippen LogP contribution < -0.4 is 0 Å². The van der Waals surface area contributed by atoms with Crippen LogP contribution >= 0.6 is 0 Å². The van der Waals surface area contributed by atoms with Crippen LogP contribution in [0.15, 0.2) is 54.6 Å². The second-order valence-corrected chi connectivity index (χ2v) is 7.97. The molecule has 22 heavy (non-hydrogen) atoms. The van der Waals surface area contributed by atoms with Crippen molar-refractivity contribution in [2.24, 2.45) is 0 Å². The van der Waals surface area contributed by atoms with Gasteiger partial charge >= 0.3 is 0 Å². The molecule has 4 heteroatoms. The van der Waals surface area contributed by atoms with Crippen molar-refractivity contribution in [3.05, 3.63) is 71.3 Å². The molecule has 1 atom stereocenters. The van der Waals surface area contributed by atoms with Gasteiger partial charge in [0.15, 0.2) is 0 Å². The zero-order valence-electron chi connectivity index (χ0n) is 12.8. The summed E-state index contributed by atoms with van der Waals surface area (Å²) in [7, 11) is -3.24. The minimum atomic E-state index is -3.24. The Morgan fingerprint density at radius 2 is 1.86 bits per heavy atom. The van der Waals surface area contributed by atoms with Crippen molar-refractivity contribution >= 4 is 10.0 Å². The number of sulfonamides is 1. The van der Waals surface area contributed by atoms with Crippen LogP contribution in [0.1, 0.15) is 29.0 Å². The summed E-state index contributed by atoms with van der Waals surface area (Å²) in [6, 6.07) is 17.9. The Bertz CT molecular complexity index is 741. The molecule has 1 heterocycles. The molecule has 0 aliphatic carbocycles. The molecule has 0 amide bonds. The maximum Gasteiger partial charge on any atom is 0.218 e. The number of benzene rings is 2. The van der Waals surface area contributed by atoms with Crippen LogP contribution in [0.3, 0.4) is 0 Å². The molecule has 3 rings (SSSR count). The van der Waals surface area contributed by atoms with Crippen molar-refractivity contribution in [3.63, 3.8) is 0 Å². The fraction of sp³-hybridized carbons (Fsp3) is 0.333. The molecule has 0 radical (unpaired) electrons. The van der Waals surface area contributed by atoms with E-state index in [0.29, 0.717) is 19.0 Å². The predicted octanol–water partition coefficient (Wildman–Crippen LogP) is 3.31. The van der Waals surface area contributed by atoms with Crippen molar-refractivity contribution in [2.45, 2.75) is 25.0 Å². The molecular weight excluding hydrogens is 294 g/mol. The summed E-state index contributed by atoms with van der Waals surface area (Å²) in [6.07, 6.45) is 0.900. The van der Waals surface area contributed by atoms with E-state index < -0.39 is 10.0 Å². The van der Waals surface area contributed by atoms with E-state index in [4.69, 9.17) is 0 Å². The van der Waals surface area contributed by atoms with Gasteiger partial charge in [-0.1, -0.05) is 60.2 Å². The average Bonchev–Trinajstić information content (AvgIpc) is 2.98. The molecule has 0 spiro atoms. The van der Waals surface area contributed by atoms with Gasteiger partial charge in [0.25, 0.3) is 0 Å². The first-order valence-electron chi connectivity index (χ1n) is 7.63. The average molecular weight is 315 g/mol. The molecule has 1 unspecified atom stereocenters. The Hall–Kier alpha value is -1.65. The Kier molecular flexibility index (Phi) is 4.32. The quantitative estimate of drug-likeness (QED) is 0.868. The van der Waals surface area contributed by atoms with Crippen LogP contribution in [0.25, 0.3) is 0 Å². The maximum absolute atomic E-state index is 12.6. The van der Waals surface area contributed by atoms with Crippen molar-refractivity contribution in [1.29, 1.82) is 0 Å². The summed E-state index contributed by atoms with van der Waals surface area (Å²) >= 11 is 0. The van der Waals surface area contributed by atoms with Crippen LogP contribution in [0.4, 0.5) is 0 Å². The SMILES string of the molecule is Cc1cccc(CS(=O)(=O)N2CCC(c3ccccc3)C2)c1. The van der Waals surface area contributed by atoms with Crippen molar-refractivity contribution in [2.75, 3.05) is 13.1 Å². The second kappa shape index (κ2) is 6.23. The molecule has 1 aliphatic rings. The molecule has 116 valence electrons. The van der Waals surface area contributed by atoms with E-state index in [2.05, 4.69) is 12.1 Å². The summed E-state index contributed by atoms with van der Waals surface area (Å²) in [5.41, 5.74) is 3.19. The molecule has 2 aromatic carbocycles. The smallest absolute Gasteiger partial charge is 0.212 e. The van der Waals surface area contributed by atoms with Crippen molar-refractivity contribution in [1.82, 2.24) is 4.31 Å². The fourth-order valence-electron chi connectivity index (χ4n) is 3.08. The molecule has 1 saturated heterocycles. The minimum absolute atomic E-state index is 0.0934. The van der Waals surface area contributed by atoms with Gasteiger partial charge in [0.05, 0.1) is 5.75 Å². The largest absolute Gasteiger partial charge is 0.218 e. The highest BCUT2D eigenvalue weighted by Gasteiger charge is 2.31. The van der Waals surface area contributed by atoms with E-state index in [0.717, 1.165) is 17.5 Å². The van der Waals surface area contributed by atoms with Gasteiger partial charge in [-0.15, -0.1) is 0 Å². The molecule has 0 N–H and O–H groups in total. The molecule has 0 aromatic heterocycles. The van der Waals surface area contributed by atoms with E-state index in [1.807, 2.05) is 49.4 Å². The summed E-state index contributed by atoms with van der Waals surface area (Å²) < 4.78 is 26.9. The van der Waals surface area contributed by atoms with Crippen LogP contribution in [0, 0.1) is 6.92 Å². The lowest BCUT2D eigenvalue weighted by Gasteiger charge is -2.17. The summed E-state index contributed by atoms with van der Waals surface area (Å²) in [6.45, 7) is 3.20. The lowest BCUT2D eigenvalue weighted by molar-refractivity contribution is 0.472. The van der Waals surface area contributed by atoms with Crippen LogP contribution in [0.2, 0.25) is 0 Å². The predicted molar refractivity (Wildman–Crippen MR) is 89.2 cm³/mol. The number of nitrogens with zero attached hydrogens (tertiary/aromatic N) is 1. The summed E-state index contributed by atoms with van der Waals surface area (Å²) in [5.74, 6) is 0.407. The zero-order chi connectivity index (χ0) is 15.6. The Morgan fingerprint density at radius 1 is 1.09 bits per heavy atom. The van der Waals surface area contributed by atoms with Gasteiger partial charge in [-0.05, 0) is 30.4 Å². The highest BCUT2D eigenvalue weighted by molar-refractivity contribution is 7.88. The molecule has 3 nitrogen and oxygen atoms in total. The van der Waals surface area contributed by atoms with Crippen LogP contribution in [0.5, 0.6) is 0 Å². The Balaban J connectivity index is 1.71. The van der Waals surface area contributed by atoms with Gasteiger partial charge in [0.1, 0.15) is 0 Å². The standard InChI is InChI=1S/C18H21NO2S/c1-15-6-5-7-16(12-15)14-22(20,21)19-11-10-18(13-19)17-8-3-2-4-9-17/h2-9,12,18H,10-11,13-14H2,1H3. The van der Waals surface area contributed by atoms with Crippen LogP contribution in [-0.4, -0.2) is 25.8 Å². The third-order valence-corrected chi connectivity index (χ3v) is 6.06. The number of hydrogen-bond donors (Lipinski definition) is 0. The number of aryl methyl sites for hydroxylation is 1. The first-order chi connectivity index (χ1) is 10.5. The summed E-state index contributed by atoms with van der Waals surface area (Å²) in [5, 5.41) is 0. The van der Waals surface area contributed by atoms with Gasteiger partial charge < -0.3 is 0 Å². The second-order valence-electron chi connectivity index (χ2n) is 6.00. The fourth-order valence-corrected chi connectivity index (χ4v) is 4.66. The highest BCUT2D eigenvalue weighted by Crippen LogP contribution is 2.29. The van der Waals surface area contributed by atoms with Gasteiger partial charge in [0.2, 0.25) is 10.0 Å². The van der Waals surface area contributed by atoms with Crippen molar-refractivity contribution < 1.29 is 8.42 Å². The lowest BCUT2D eigenvalue weighted by Crippen LogP contribution is -2.29. The normalized spacial score (nSPS) is 19.4. The summed E-state index contributed by atoms with van der Waals surface area (Å²) in [4.78, 5) is 0. The monoisotopic (exact) mass is 315 g/mol. The van der Waals surface area contributed by atoms with Gasteiger partial charge in [-0.3, -0.25) is 0 Å². The van der Waals surface area contributed by atoms with E-state index in [-0.39, 0.29) is 5.75 Å². The number of hydrogen-bond acceptors (Lipinski definition) is 2. The molecule has 0 bridgehead atoms. The topological polar surface area (TPSA) is 37.4 Å². The Morgan fingerprint density at radius 3 is 2.59 bits per heavy atom. The van der Waals surface area contributed by atoms with Gasteiger partial charge in [0, 0.05) is 13.1 Å². The van der Waals surface area contributed by atoms with E-state index in [9.17, 15) is 8.42 Å². The highest BCUT2D eigenvalue weighted by atomic mass is 32.2. The first-order valence-corrected chi connectivity index (χ1v) is 9.24. The first kappa shape index (κ1) is 15.3. The van der Waals surface area contributed by atoms with Gasteiger partial charge in [-0.2, -0.15) is 0 Å². The molecule has 2 aromatic rings. The maximum atomic E-state index is 12.6. The van der Waals surface area contributed by atoms with Gasteiger partial charge in [-0.25, -0.2) is 12.7 Å². The molecule has 1 fully saturated rings. The lowest BCUT2D eigenvalue weighted by atomic mass is 9.99. The van der Waals surface area contributed by atoms with E-state index in [1.165, 1.54) is 5.56 Å². The third kappa shape index (κ3) is 3.39. The third-order valence-electron chi connectivity index (χ3n) is 4.25. The van der Waals surface area contributed by atoms with E-state index in [1.54, 1.807) is 4.31 Å². The van der Waals surface area contributed by atoms with E-state index >= 15 is 0 Å². The van der Waals surface area contributed by atoms with Crippen LogP contribution in [-0.2, 0) is 15.8 Å². The zero-order valence-corrected chi connectivity index (χ0v) is 13.6. The Labute approximate surface area is 132 Å². The molecular formula is C18H21NO2S. The van der Waals surface area contributed by atoms with Crippen molar-refractivity contribution in [3.8, 4) is 0 Å².